The van der Waals surface area contributed by atoms with E-state index in [1.807, 2.05) is 29.2 Å². The van der Waals surface area contributed by atoms with Gasteiger partial charge in [0.25, 0.3) is 5.91 Å². The quantitative estimate of drug-likeness (QED) is 0.299. The van der Waals surface area contributed by atoms with Crippen molar-refractivity contribution < 1.29 is 14.3 Å². The third-order valence-electron chi connectivity index (χ3n) is 8.44. The number of nitriles is 1. The van der Waals surface area contributed by atoms with Gasteiger partial charge in [0.15, 0.2) is 6.61 Å². The maximum Gasteiger partial charge on any atom is 0.260 e. The topological polar surface area (TPSA) is 137 Å². The van der Waals surface area contributed by atoms with E-state index >= 15 is 0 Å². The van der Waals surface area contributed by atoms with Crippen LogP contribution < -0.4 is 31.5 Å². The molecule has 1 aromatic carbocycles. The largest absolute Gasteiger partial charge is 0.484 e. The molecule has 4 aliphatic rings. The summed E-state index contributed by atoms with van der Waals surface area (Å²) in [6.45, 7) is 8.91. The summed E-state index contributed by atoms with van der Waals surface area (Å²) < 4.78 is 5.79. The zero-order valence-electron chi connectivity index (χ0n) is 22.7. The molecule has 0 spiro atoms. The third kappa shape index (κ3) is 6.80. The summed E-state index contributed by atoms with van der Waals surface area (Å²) in [5.74, 6) is 0.738. The Morgan fingerprint density at radius 2 is 1.85 bits per heavy atom. The summed E-state index contributed by atoms with van der Waals surface area (Å²) in [6.07, 6.45) is 2.25. The molecule has 4 heterocycles. The fourth-order valence-corrected chi connectivity index (χ4v) is 5.98. The van der Waals surface area contributed by atoms with Crippen molar-refractivity contribution >= 4 is 17.5 Å². The van der Waals surface area contributed by atoms with Gasteiger partial charge in [-0.2, -0.15) is 5.26 Å². The average molecular weight is 540 g/mol. The Balaban J connectivity index is 1.16. The average Bonchev–Trinajstić information content (AvgIpc) is 2.97. The highest BCUT2D eigenvalue weighted by molar-refractivity contribution is 5.81. The molecule has 0 bridgehead atoms. The molecule has 4 unspecified atom stereocenters. The highest BCUT2D eigenvalue weighted by atomic mass is 16.5. The fraction of sp³-hybridized carbons (Fsp3) is 0.667. The van der Waals surface area contributed by atoms with Crippen LogP contribution in [0.4, 0.5) is 5.69 Å². The zero-order chi connectivity index (χ0) is 27.2. The lowest BCUT2D eigenvalue weighted by Crippen LogP contribution is -2.77. The second kappa shape index (κ2) is 12.9. The number of likely N-dealkylation sites (N-methyl/N-ethyl adjacent to an activating group) is 1. The second-order valence-corrected chi connectivity index (χ2v) is 10.8. The lowest BCUT2D eigenvalue weighted by atomic mass is 9.90. The number of likely N-dealkylation sites (tertiary alicyclic amines) is 1. The normalized spacial score (nSPS) is 28.7. The Bertz CT molecular complexity index is 1020. The lowest BCUT2D eigenvalue weighted by molar-refractivity contribution is -0.135. The maximum absolute atomic E-state index is 12.8. The minimum absolute atomic E-state index is 0.0116. The Labute approximate surface area is 230 Å². The number of piperazine rings is 1. The number of fused-ring (bicyclic) bond motifs is 1. The van der Waals surface area contributed by atoms with E-state index in [1.54, 1.807) is 0 Å². The predicted molar refractivity (Wildman–Crippen MR) is 146 cm³/mol. The number of amides is 2. The molecule has 4 aliphatic heterocycles. The molecule has 2 amide bonds. The predicted octanol–water partition coefficient (Wildman–Crippen LogP) is -0.311. The zero-order valence-corrected chi connectivity index (χ0v) is 22.7. The molecule has 0 saturated carbocycles. The smallest absolute Gasteiger partial charge is 0.260 e. The molecule has 4 saturated heterocycles. The number of carbonyl (C=O) groups is 2. The minimum atomic E-state index is -0.305. The number of nitrogens with zero attached hydrogens (tertiary/aromatic N) is 4. The number of nitrogens with one attached hydrogen (secondary N) is 5. The maximum atomic E-state index is 12.8. The first kappa shape index (κ1) is 27.6. The summed E-state index contributed by atoms with van der Waals surface area (Å²) in [6, 6.07) is 9.80. The van der Waals surface area contributed by atoms with E-state index in [9.17, 15) is 9.59 Å². The second-order valence-electron chi connectivity index (χ2n) is 10.8. The van der Waals surface area contributed by atoms with Crippen molar-refractivity contribution in [2.75, 3.05) is 64.3 Å². The number of carbonyl (C=O) groups excluding carboxylic acids is 2. The summed E-state index contributed by atoms with van der Waals surface area (Å²) in [4.78, 5) is 31.9. The molecule has 212 valence electrons. The van der Waals surface area contributed by atoms with Gasteiger partial charge in [0.1, 0.15) is 12.0 Å². The number of anilines is 1. The SMILES string of the molecule is CCN1CCN(C(=O)COc2ccc(NC3NC(N4CCC(CC#N)CC4)NC4CNNC(=O)C43)cc2)CC1. The van der Waals surface area contributed by atoms with Crippen LogP contribution in [-0.2, 0) is 9.59 Å². The van der Waals surface area contributed by atoms with Crippen LogP contribution in [0.5, 0.6) is 5.75 Å². The monoisotopic (exact) mass is 539 g/mol. The van der Waals surface area contributed by atoms with Gasteiger partial charge in [0, 0.05) is 64.0 Å². The fourth-order valence-electron chi connectivity index (χ4n) is 5.98. The number of rotatable bonds is 8. The van der Waals surface area contributed by atoms with Gasteiger partial charge in [-0.1, -0.05) is 6.92 Å². The standard InChI is InChI=1S/C27H41N9O3/c1-2-34-13-15-35(16-14-34)23(37)18-39-21-5-3-20(4-6-21)30-25-24-22(17-29-33-26(24)38)31-27(32-25)36-11-8-19(7-10-28)9-12-36/h3-6,19,22,24-25,27,29-32H,2,7-9,11-18H2,1H3,(H,33,38). The highest BCUT2D eigenvalue weighted by Crippen LogP contribution is 2.26. The molecule has 0 aliphatic carbocycles. The molecular formula is C27H41N9O3. The van der Waals surface area contributed by atoms with E-state index in [0.717, 1.165) is 64.3 Å². The van der Waals surface area contributed by atoms with Gasteiger partial charge in [-0.3, -0.25) is 30.5 Å². The van der Waals surface area contributed by atoms with Crippen molar-refractivity contribution in [2.45, 2.75) is 44.7 Å². The lowest BCUT2D eigenvalue weighted by Gasteiger charge is -2.49. The van der Waals surface area contributed by atoms with E-state index in [4.69, 9.17) is 10.00 Å². The Kier molecular flexibility index (Phi) is 9.16. The molecule has 4 atom stereocenters. The molecule has 1 aromatic rings. The minimum Gasteiger partial charge on any atom is -0.484 e. The number of hydrogen-bond acceptors (Lipinski definition) is 10. The van der Waals surface area contributed by atoms with E-state index in [2.05, 4.69) is 49.6 Å². The first-order valence-corrected chi connectivity index (χ1v) is 14.2. The van der Waals surface area contributed by atoms with Gasteiger partial charge in [-0.25, -0.2) is 5.43 Å². The van der Waals surface area contributed by atoms with Crippen molar-refractivity contribution in [3.05, 3.63) is 24.3 Å². The van der Waals surface area contributed by atoms with Gasteiger partial charge < -0.3 is 19.9 Å². The number of piperidine rings is 1. The van der Waals surface area contributed by atoms with E-state index in [-0.39, 0.29) is 42.8 Å². The van der Waals surface area contributed by atoms with Gasteiger partial charge in [-0.05, 0) is 49.6 Å². The van der Waals surface area contributed by atoms with E-state index < -0.39 is 0 Å². The summed E-state index contributed by atoms with van der Waals surface area (Å²) in [5.41, 5.74) is 6.63. The number of benzene rings is 1. The Morgan fingerprint density at radius 3 is 2.54 bits per heavy atom. The molecule has 39 heavy (non-hydrogen) atoms. The van der Waals surface area contributed by atoms with Crippen LogP contribution in [0.2, 0.25) is 0 Å². The van der Waals surface area contributed by atoms with Crippen LogP contribution in [0.3, 0.4) is 0 Å². The van der Waals surface area contributed by atoms with Gasteiger partial charge in [0.05, 0.1) is 18.2 Å². The third-order valence-corrected chi connectivity index (χ3v) is 8.44. The van der Waals surface area contributed by atoms with Gasteiger partial charge in [-0.15, -0.1) is 0 Å². The molecule has 5 N–H and O–H groups in total. The summed E-state index contributed by atoms with van der Waals surface area (Å²) in [5, 5.41) is 19.8. The van der Waals surface area contributed by atoms with Crippen molar-refractivity contribution in [1.29, 1.82) is 5.26 Å². The van der Waals surface area contributed by atoms with Crippen LogP contribution in [0.25, 0.3) is 0 Å². The molecule has 5 rings (SSSR count). The highest BCUT2D eigenvalue weighted by Gasteiger charge is 2.45. The molecule has 0 aromatic heterocycles. The van der Waals surface area contributed by atoms with Crippen LogP contribution in [0.15, 0.2) is 24.3 Å². The van der Waals surface area contributed by atoms with Crippen molar-refractivity contribution in [2.24, 2.45) is 11.8 Å². The molecule has 12 heteroatoms. The van der Waals surface area contributed by atoms with Gasteiger partial charge >= 0.3 is 0 Å². The van der Waals surface area contributed by atoms with Crippen molar-refractivity contribution in [1.82, 2.24) is 36.2 Å². The summed E-state index contributed by atoms with van der Waals surface area (Å²) >= 11 is 0. The van der Waals surface area contributed by atoms with Gasteiger partial charge in [0.2, 0.25) is 5.91 Å². The number of hydrazine groups is 1. The molecular weight excluding hydrogens is 498 g/mol. The first-order chi connectivity index (χ1) is 19.0. The Hall–Kier alpha value is -2.95. The van der Waals surface area contributed by atoms with Crippen LogP contribution >= 0.6 is 0 Å². The molecule has 4 fully saturated rings. The first-order valence-electron chi connectivity index (χ1n) is 14.2. The Morgan fingerprint density at radius 1 is 1.10 bits per heavy atom. The van der Waals surface area contributed by atoms with Crippen LogP contribution in [-0.4, -0.2) is 104 Å². The molecule has 0 radical (unpaired) electrons. The number of ether oxygens (including phenoxy) is 1. The van der Waals surface area contributed by atoms with Crippen LogP contribution in [0, 0.1) is 23.2 Å². The van der Waals surface area contributed by atoms with Crippen molar-refractivity contribution in [3.63, 3.8) is 0 Å². The molecule has 12 nitrogen and oxygen atoms in total. The summed E-state index contributed by atoms with van der Waals surface area (Å²) in [7, 11) is 0. The van der Waals surface area contributed by atoms with Crippen molar-refractivity contribution in [3.8, 4) is 11.8 Å². The van der Waals surface area contributed by atoms with E-state index in [1.165, 1.54) is 0 Å². The number of hydrogen-bond donors (Lipinski definition) is 5. The van der Waals surface area contributed by atoms with E-state index in [0.29, 0.717) is 24.6 Å². The van der Waals surface area contributed by atoms with Crippen LogP contribution in [0.1, 0.15) is 26.2 Å².